The minimum atomic E-state index is -3.73. The van der Waals surface area contributed by atoms with Gasteiger partial charge in [0, 0.05) is 6.04 Å². The van der Waals surface area contributed by atoms with Gasteiger partial charge in [-0.1, -0.05) is 12.5 Å². The molecule has 1 saturated carbocycles. The largest absolute Gasteiger partial charge is 0.495 e. The summed E-state index contributed by atoms with van der Waals surface area (Å²) < 4.78 is 38.5. The van der Waals surface area contributed by atoms with Gasteiger partial charge in [-0.2, -0.15) is 0 Å². The van der Waals surface area contributed by atoms with Crippen molar-refractivity contribution >= 4 is 10.0 Å². The van der Waals surface area contributed by atoms with Gasteiger partial charge in [-0.3, -0.25) is 0 Å². The van der Waals surface area contributed by atoms with E-state index in [9.17, 15) is 8.42 Å². The second kappa shape index (κ2) is 6.64. The van der Waals surface area contributed by atoms with Gasteiger partial charge in [-0.15, -0.1) is 0 Å². The van der Waals surface area contributed by atoms with Crippen LogP contribution in [0.15, 0.2) is 23.1 Å². The number of nitrogens with two attached hydrogens (primary N) is 1. The van der Waals surface area contributed by atoms with E-state index in [2.05, 4.69) is 4.72 Å². The van der Waals surface area contributed by atoms with Crippen molar-refractivity contribution in [3.63, 3.8) is 0 Å². The number of sulfonamides is 1. The maximum atomic E-state index is 12.7. The van der Waals surface area contributed by atoms with E-state index in [4.69, 9.17) is 15.2 Å². The molecule has 1 aliphatic rings. The van der Waals surface area contributed by atoms with Crippen molar-refractivity contribution in [1.82, 2.24) is 4.72 Å². The minimum Gasteiger partial charge on any atom is -0.495 e. The summed E-state index contributed by atoms with van der Waals surface area (Å²) in [7, 11) is -0.855. The molecule has 118 valence electrons. The number of rotatable bonds is 6. The standard InChI is InChI=1S/C14H22N2O4S/c1-19-12-7-4-8-13(20-2)14(12)21(17,18)16-11-6-3-5-10(11)9-15/h4,7-8,10-11,16H,3,5-6,9,15H2,1-2H3. The van der Waals surface area contributed by atoms with Crippen LogP contribution in [-0.4, -0.2) is 35.2 Å². The Morgan fingerprint density at radius 1 is 1.24 bits per heavy atom. The fourth-order valence-electron chi connectivity index (χ4n) is 2.81. The lowest BCUT2D eigenvalue weighted by atomic mass is 10.1. The predicted octanol–water partition coefficient (Wildman–Crippen LogP) is 1.11. The van der Waals surface area contributed by atoms with Gasteiger partial charge in [-0.25, -0.2) is 13.1 Å². The molecule has 0 aromatic heterocycles. The van der Waals surface area contributed by atoms with Crippen molar-refractivity contribution in [1.29, 1.82) is 0 Å². The van der Waals surface area contributed by atoms with Crippen LogP contribution in [0.5, 0.6) is 11.5 Å². The highest BCUT2D eigenvalue weighted by molar-refractivity contribution is 7.89. The topological polar surface area (TPSA) is 90.6 Å². The van der Waals surface area contributed by atoms with Gasteiger partial charge < -0.3 is 15.2 Å². The maximum absolute atomic E-state index is 12.7. The summed E-state index contributed by atoms with van der Waals surface area (Å²) in [5.74, 6) is 0.716. The number of hydrogen-bond acceptors (Lipinski definition) is 5. The highest BCUT2D eigenvalue weighted by atomic mass is 32.2. The fraction of sp³-hybridized carbons (Fsp3) is 0.571. The lowest BCUT2D eigenvalue weighted by molar-refractivity contribution is 0.371. The summed E-state index contributed by atoms with van der Waals surface area (Å²) in [4.78, 5) is 0.0395. The van der Waals surface area contributed by atoms with Gasteiger partial charge in [0.25, 0.3) is 0 Å². The summed E-state index contributed by atoms with van der Waals surface area (Å²) in [6.45, 7) is 0.482. The molecule has 3 N–H and O–H groups in total. The Kier molecular flexibility index (Phi) is 5.08. The van der Waals surface area contributed by atoms with E-state index in [0.717, 1.165) is 19.3 Å². The van der Waals surface area contributed by atoms with E-state index in [1.165, 1.54) is 14.2 Å². The van der Waals surface area contributed by atoms with Crippen molar-refractivity contribution in [3.8, 4) is 11.5 Å². The molecule has 0 spiro atoms. The van der Waals surface area contributed by atoms with Gasteiger partial charge in [-0.05, 0) is 37.4 Å². The molecule has 6 nitrogen and oxygen atoms in total. The van der Waals surface area contributed by atoms with Crippen LogP contribution in [0.3, 0.4) is 0 Å². The average Bonchev–Trinajstić information content (AvgIpc) is 2.92. The molecule has 0 radical (unpaired) electrons. The predicted molar refractivity (Wildman–Crippen MR) is 80.1 cm³/mol. The van der Waals surface area contributed by atoms with Crippen LogP contribution >= 0.6 is 0 Å². The molecule has 1 aromatic rings. The van der Waals surface area contributed by atoms with Gasteiger partial charge in [0.15, 0.2) is 4.90 Å². The molecule has 1 aliphatic carbocycles. The van der Waals surface area contributed by atoms with Gasteiger partial charge in [0.2, 0.25) is 10.0 Å². The second-order valence-electron chi connectivity index (χ2n) is 5.15. The molecule has 2 rings (SSSR count). The SMILES string of the molecule is COc1cccc(OC)c1S(=O)(=O)NC1CCCC1CN. The molecule has 1 aromatic carbocycles. The Labute approximate surface area is 125 Å². The third-order valence-corrected chi connectivity index (χ3v) is 5.47. The molecule has 7 heteroatoms. The Morgan fingerprint density at radius 3 is 2.38 bits per heavy atom. The van der Waals surface area contributed by atoms with E-state index in [1.54, 1.807) is 18.2 Å². The number of methoxy groups -OCH3 is 2. The quantitative estimate of drug-likeness (QED) is 0.821. The fourth-order valence-corrected chi connectivity index (χ4v) is 4.47. The highest BCUT2D eigenvalue weighted by Gasteiger charge is 2.33. The minimum absolute atomic E-state index is 0.0395. The second-order valence-corrected chi connectivity index (χ2v) is 6.80. The Hall–Kier alpha value is -1.31. The molecule has 0 bridgehead atoms. The first-order valence-corrected chi connectivity index (χ1v) is 8.45. The molecule has 0 heterocycles. The molecule has 0 amide bonds. The molecule has 1 fully saturated rings. The normalized spacial score (nSPS) is 22.2. The summed E-state index contributed by atoms with van der Waals surface area (Å²) in [5.41, 5.74) is 5.71. The Balaban J connectivity index is 2.35. The monoisotopic (exact) mass is 314 g/mol. The number of benzene rings is 1. The van der Waals surface area contributed by atoms with Crippen LogP contribution in [0.4, 0.5) is 0 Å². The van der Waals surface area contributed by atoms with E-state index >= 15 is 0 Å². The van der Waals surface area contributed by atoms with Crippen molar-refractivity contribution < 1.29 is 17.9 Å². The van der Waals surface area contributed by atoms with Crippen LogP contribution < -0.4 is 19.9 Å². The summed E-state index contributed by atoms with van der Waals surface area (Å²) in [6.07, 6.45) is 2.74. The molecular formula is C14H22N2O4S. The number of ether oxygens (including phenoxy) is 2. The van der Waals surface area contributed by atoms with E-state index in [0.29, 0.717) is 6.54 Å². The first-order chi connectivity index (χ1) is 10.0. The number of nitrogens with one attached hydrogen (secondary N) is 1. The lowest BCUT2D eigenvalue weighted by Gasteiger charge is -2.21. The van der Waals surface area contributed by atoms with Gasteiger partial charge in [0.1, 0.15) is 11.5 Å². The van der Waals surface area contributed by atoms with Gasteiger partial charge in [0.05, 0.1) is 14.2 Å². The molecule has 2 unspecified atom stereocenters. The van der Waals surface area contributed by atoms with E-state index in [-0.39, 0.29) is 28.4 Å². The third-order valence-electron chi connectivity index (χ3n) is 3.92. The third kappa shape index (κ3) is 3.30. The van der Waals surface area contributed by atoms with Gasteiger partial charge >= 0.3 is 0 Å². The molecule has 0 aliphatic heterocycles. The summed E-state index contributed by atoms with van der Waals surface area (Å²) >= 11 is 0. The molecule has 0 saturated heterocycles. The van der Waals surface area contributed by atoms with E-state index in [1.807, 2.05) is 0 Å². The van der Waals surface area contributed by atoms with Crippen LogP contribution in [0.2, 0.25) is 0 Å². The highest BCUT2D eigenvalue weighted by Crippen LogP contribution is 2.34. The van der Waals surface area contributed by atoms with Crippen molar-refractivity contribution in [3.05, 3.63) is 18.2 Å². The summed E-state index contributed by atoms with van der Waals surface area (Å²) in [5, 5.41) is 0. The van der Waals surface area contributed by atoms with Crippen molar-refractivity contribution in [2.75, 3.05) is 20.8 Å². The zero-order chi connectivity index (χ0) is 15.5. The number of hydrogen-bond donors (Lipinski definition) is 2. The van der Waals surface area contributed by atoms with Crippen LogP contribution in [0.25, 0.3) is 0 Å². The molecule has 2 atom stereocenters. The first-order valence-electron chi connectivity index (χ1n) is 6.97. The lowest BCUT2D eigenvalue weighted by Crippen LogP contribution is -2.40. The molecule has 21 heavy (non-hydrogen) atoms. The Morgan fingerprint density at radius 2 is 1.86 bits per heavy atom. The van der Waals surface area contributed by atoms with Crippen LogP contribution in [0, 0.1) is 5.92 Å². The van der Waals surface area contributed by atoms with Crippen molar-refractivity contribution in [2.24, 2.45) is 11.7 Å². The molecular weight excluding hydrogens is 292 g/mol. The summed E-state index contributed by atoms with van der Waals surface area (Å²) in [6, 6.07) is 4.77. The Bertz CT molecular complexity index is 566. The average molecular weight is 314 g/mol. The maximum Gasteiger partial charge on any atom is 0.248 e. The zero-order valence-electron chi connectivity index (χ0n) is 12.3. The zero-order valence-corrected chi connectivity index (χ0v) is 13.2. The van der Waals surface area contributed by atoms with Crippen LogP contribution in [-0.2, 0) is 10.0 Å². The first kappa shape index (κ1) is 16.1. The van der Waals surface area contributed by atoms with Crippen molar-refractivity contribution in [2.45, 2.75) is 30.2 Å². The smallest absolute Gasteiger partial charge is 0.248 e. The van der Waals surface area contributed by atoms with E-state index < -0.39 is 10.0 Å². The van der Waals surface area contributed by atoms with Crippen LogP contribution in [0.1, 0.15) is 19.3 Å².